The number of nitrogens with zero attached hydrogens (tertiary/aromatic N) is 3. The number of hydrogen-bond donors (Lipinski definition) is 1. The summed E-state index contributed by atoms with van der Waals surface area (Å²) in [5.41, 5.74) is 22.3. The van der Waals surface area contributed by atoms with Crippen LogP contribution in [0, 0.1) is 0 Å². The Balaban J connectivity index is 0.000000138. The molecule has 0 amide bonds. The standard InChI is InChI=1S/C60H44N2Si.C36H29NSi.C24H16BrN.CH4/c1-6-18-45(19-7-1)46-30-35-50(36-31-46)61(52-39-41-56(42-40-52)63(53-22-10-3-11-23-53,54-24-12-4-13-25-54)55-26-14-5-15-27-55)51-37-32-47(33-38-51)48-34-43-58-57-28-16-17-29-59(57)62(60(58)44-48)49-20-8-2-9-21-49;1-5-13-29(14-6-1)30-21-23-31(24-22-30)37-32-25-27-36(28-26-32)38(33-15-7-2-8-16-33,34-17-9-3-10-18-34)35-19-11-4-12-20-35;25-19-13-10-17(11-14-19)18-12-15-22-21-8-4-5-9-23(21)26(24(22)16-18)20-6-2-1-3-7-20;/h1-44H;1-28,37H;1-16H;1H4. The molecule has 1 N–H and O–H groups in total. The Labute approximate surface area is 760 Å². The van der Waals surface area contributed by atoms with Gasteiger partial charge in [0.05, 0.1) is 22.1 Å². The van der Waals surface area contributed by atoms with E-state index in [9.17, 15) is 0 Å². The molecule has 0 aliphatic rings. The Morgan fingerprint density at radius 2 is 0.406 bits per heavy atom. The quantitative estimate of drug-likeness (QED) is 0.0645. The van der Waals surface area contributed by atoms with Gasteiger partial charge in [-0.3, -0.25) is 0 Å². The minimum Gasteiger partial charge on any atom is -0.356 e. The molecule has 0 unspecified atom stereocenters. The lowest BCUT2D eigenvalue weighted by atomic mass is 10.0. The number of fused-ring (bicyclic) bond motifs is 6. The molecule has 0 bridgehead atoms. The van der Waals surface area contributed by atoms with Crippen molar-refractivity contribution < 1.29 is 0 Å². The lowest BCUT2D eigenvalue weighted by Gasteiger charge is -2.35. The smallest absolute Gasteiger partial charge is 0.179 e. The van der Waals surface area contributed by atoms with Crippen molar-refractivity contribution in [1.82, 2.24) is 9.13 Å². The van der Waals surface area contributed by atoms with Crippen molar-refractivity contribution in [1.29, 1.82) is 0 Å². The lowest BCUT2D eigenvalue weighted by Crippen LogP contribution is -2.74. The molecule has 20 aromatic carbocycles. The molecule has 0 fully saturated rings. The molecule has 22 rings (SSSR count). The van der Waals surface area contributed by atoms with Crippen LogP contribution >= 0.6 is 15.9 Å². The van der Waals surface area contributed by atoms with Crippen LogP contribution in [0.2, 0.25) is 0 Å². The third kappa shape index (κ3) is 16.4. The number of nitrogens with one attached hydrogen (secondary N) is 1. The average Bonchev–Trinajstić information content (AvgIpc) is 1.57. The SMILES string of the molecule is Brc1ccc(-c2ccc3c4ccccc4n(-c4ccccc4)c3c2)cc1.C.c1ccc(-c2ccc(N(c3ccc(-c4ccc5c6ccccc6n(-c6ccccc6)c5c4)cc3)c3ccc([Si](c4ccccc4)(c4ccccc4)c4ccccc4)cc3)cc2)cc1.c1ccc(-c2ccc(Nc3ccc([Si](c4ccccc4)(c4ccccc4)c4ccccc4)cc3)cc2)cc1. The Hall–Kier alpha value is -15.5. The first kappa shape index (κ1) is 82.1. The van der Waals surface area contributed by atoms with Crippen LogP contribution in [0.3, 0.4) is 0 Å². The summed E-state index contributed by atoms with van der Waals surface area (Å²) >= 11 is 3.52. The first-order chi connectivity index (χ1) is 62.9. The van der Waals surface area contributed by atoms with E-state index < -0.39 is 16.1 Å². The van der Waals surface area contributed by atoms with Crippen LogP contribution < -0.4 is 51.7 Å². The minimum absolute atomic E-state index is 0. The molecule has 0 aliphatic heterocycles. The zero-order valence-corrected chi connectivity index (χ0v) is 73.6. The van der Waals surface area contributed by atoms with Gasteiger partial charge in [0, 0.05) is 65.8 Å². The number of rotatable bonds is 19. The molecule has 2 heterocycles. The van der Waals surface area contributed by atoms with Gasteiger partial charge in [0.15, 0.2) is 16.1 Å². The van der Waals surface area contributed by atoms with Gasteiger partial charge in [0.25, 0.3) is 0 Å². The van der Waals surface area contributed by atoms with Gasteiger partial charge in [0.1, 0.15) is 0 Å². The second-order valence-corrected chi connectivity index (χ2v) is 40.6. The van der Waals surface area contributed by atoms with E-state index in [4.69, 9.17) is 0 Å². The largest absolute Gasteiger partial charge is 0.356 e. The molecule has 612 valence electrons. The van der Waals surface area contributed by atoms with E-state index in [0.717, 1.165) is 38.6 Å². The Morgan fingerprint density at radius 3 is 0.734 bits per heavy atom. The molecular weight excluding hydrogens is 1650 g/mol. The van der Waals surface area contributed by atoms with E-state index in [2.05, 4.69) is 563 Å². The van der Waals surface area contributed by atoms with E-state index in [1.807, 2.05) is 6.07 Å². The first-order valence-corrected chi connectivity index (χ1v) is 48.2. The summed E-state index contributed by atoms with van der Waals surface area (Å²) in [5.74, 6) is 0. The first-order valence-electron chi connectivity index (χ1n) is 43.4. The molecule has 0 radical (unpaired) electrons. The highest BCUT2D eigenvalue weighted by molar-refractivity contribution is 9.10. The molecule has 0 atom stereocenters. The maximum Gasteiger partial charge on any atom is 0.179 e. The zero-order valence-electron chi connectivity index (χ0n) is 70.0. The van der Waals surface area contributed by atoms with E-state index in [1.165, 1.54) is 135 Å². The third-order valence-electron chi connectivity index (χ3n) is 24.6. The predicted molar refractivity (Wildman–Crippen MR) is 556 cm³/mol. The van der Waals surface area contributed by atoms with Crippen LogP contribution in [0.1, 0.15) is 7.43 Å². The van der Waals surface area contributed by atoms with Crippen molar-refractivity contribution in [2.24, 2.45) is 0 Å². The number of hydrogen-bond acceptors (Lipinski definition) is 2. The summed E-state index contributed by atoms with van der Waals surface area (Å²) in [6.07, 6.45) is 0. The van der Waals surface area contributed by atoms with Gasteiger partial charge in [-0.1, -0.05) is 436 Å². The molecule has 2 aromatic heterocycles. The zero-order chi connectivity index (χ0) is 85.1. The number of halogens is 1. The van der Waals surface area contributed by atoms with Gasteiger partial charge in [-0.15, -0.1) is 0 Å². The highest BCUT2D eigenvalue weighted by atomic mass is 79.9. The number of para-hydroxylation sites is 4. The Morgan fingerprint density at radius 1 is 0.188 bits per heavy atom. The van der Waals surface area contributed by atoms with Crippen molar-refractivity contribution in [2.75, 3.05) is 10.2 Å². The topological polar surface area (TPSA) is 25.1 Å². The molecule has 0 saturated heterocycles. The fourth-order valence-electron chi connectivity index (χ4n) is 18.7. The maximum atomic E-state index is 3.60. The van der Waals surface area contributed by atoms with E-state index in [1.54, 1.807) is 0 Å². The van der Waals surface area contributed by atoms with Crippen molar-refractivity contribution in [3.63, 3.8) is 0 Å². The second kappa shape index (κ2) is 37.5. The van der Waals surface area contributed by atoms with Crippen LogP contribution in [0.15, 0.2) is 538 Å². The molecule has 22 aromatic rings. The summed E-state index contributed by atoms with van der Waals surface area (Å²) in [5, 5.41) is 19.6. The van der Waals surface area contributed by atoms with Crippen molar-refractivity contribution in [3.05, 3.63) is 538 Å². The monoisotopic (exact) mass is 1740 g/mol. The molecular formula is C121H93BrN4Si2. The fourth-order valence-corrected chi connectivity index (χ4v) is 28.4. The summed E-state index contributed by atoms with van der Waals surface area (Å²) in [4.78, 5) is 2.38. The normalized spacial score (nSPS) is 11.3. The Bertz CT molecular complexity index is 7230. The van der Waals surface area contributed by atoms with Crippen LogP contribution in [-0.4, -0.2) is 25.3 Å². The van der Waals surface area contributed by atoms with Gasteiger partial charge in [-0.05, 0) is 207 Å². The van der Waals surface area contributed by atoms with E-state index in [0.29, 0.717) is 0 Å². The summed E-state index contributed by atoms with van der Waals surface area (Å²) < 4.78 is 5.84. The molecule has 128 heavy (non-hydrogen) atoms. The second-order valence-electron chi connectivity index (χ2n) is 32.0. The summed E-state index contributed by atoms with van der Waals surface area (Å²) in [6, 6.07) is 193. The van der Waals surface area contributed by atoms with Gasteiger partial charge in [-0.25, -0.2) is 0 Å². The highest BCUT2D eigenvalue weighted by Crippen LogP contribution is 2.41. The van der Waals surface area contributed by atoms with E-state index in [-0.39, 0.29) is 7.43 Å². The third-order valence-corrected chi connectivity index (χ3v) is 34.8. The van der Waals surface area contributed by atoms with Crippen molar-refractivity contribution in [2.45, 2.75) is 7.43 Å². The average molecular weight is 1740 g/mol. The van der Waals surface area contributed by atoms with Crippen LogP contribution in [0.5, 0.6) is 0 Å². The van der Waals surface area contributed by atoms with Crippen LogP contribution in [0.4, 0.5) is 28.4 Å². The van der Waals surface area contributed by atoms with Gasteiger partial charge < -0.3 is 19.4 Å². The maximum absolute atomic E-state index is 3.60. The van der Waals surface area contributed by atoms with Gasteiger partial charge in [0.2, 0.25) is 0 Å². The van der Waals surface area contributed by atoms with Gasteiger partial charge >= 0.3 is 0 Å². The number of anilines is 5. The van der Waals surface area contributed by atoms with Crippen molar-refractivity contribution in [3.8, 4) is 55.9 Å². The molecule has 0 aliphatic carbocycles. The number of aromatic nitrogens is 2. The highest BCUT2D eigenvalue weighted by Gasteiger charge is 2.43. The molecule has 0 saturated carbocycles. The van der Waals surface area contributed by atoms with Crippen LogP contribution in [-0.2, 0) is 0 Å². The molecule has 7 heteroatoms. The van der Waals surface area contributed by atoms with Crippen molar-refractivity contribution >= 4 is 146 Å². The minimum atomic E-state index is -2.68. The summed E-state index contributed by atoms with van der Waals surface area (Å²) in [6.45, 7) is 0. The summed E-state index contributed by atoms with van der Waals surface area (Å²) in [7, 11) is -5.17. The fraction of sp³-hybridized carbons (Fsp3) is 0.00826. The van der Waals surface area contributed by atoms with E-state index >= 15 is 0 Å². The van der Waals surface area contributed by atoms with Gasteiger partial charge in [-0.2, -0.15) is 0 Å². The lowest BCUT2D eigenvalue weighted by molar-refractivity contribution is 1.18. The predicted octanol–water partition coefficient (Wildman–Crippen LogP) is 27.3. The molecule has 0 spiro atoms. The number of benzene rings is 20. The molecule has 4 nitrogen and oxygen atoms in total. The van der Waals surface area contributed by atoms with Crippen LogP contribution in [0.25, 0.3) is 99.5 Å². The Kier molecular flexibility index (Phi) is 24.1.